The van der Waals surface area contributed by atoms with Gasteiger partial charge >= 0.3 is 5.97 Å². The molecule has 180 valence electrons. The Hall–Kier alpha value is -1.42. The van der Waals surface area contributed by atoms with Crippen molar-refractivity contribution in [1.82, 2.24) is 0 Å². The lowest BCUT2D eigenvalue weighted by atomic mass is 9.91. The highest BCUT2D eigenvalue weighted by molar-refractivity contribution is 7.97. The Labute approximate surface area is 190 Å². The van der Waals surface area contributed by atoms with Crippen LogP contribution in [-0.4, -0.2) is 32.2 Å². The molecule has 1 saturated carbocycles. The smallest absolute Gasteiger partial charge is 0.310 e. The lowest BCUT2D eigenvalue weighted by molar-refractivity contribution is -0.147. The van der Waals surface area contributed by atoms with Gasteiger partial charge < -0.3 is 4.74 Å². The van der Waals surface area contributed by atoms with E-state index in [-0.39, 0.29) is 5.75 Å². The molecule has 1 aliphatic carbocycles. The van der Waals surface area contributed by atoms with Gasteiger partial charge in [-0.15, -0.1) is 0 Å². The third-order valence-electron chi connectivity index (χ3n) is 5.86. The molecule has 0 radical (unpaired) electrons. The highest BCUT2D eigenvalue weighted by Gasteiger charge is 2.62. The molecule has 0 aromatic heterocycles. The molecule has 32 heavy (non-hydrogen) atoms. The predicted octanol–water partition coefficient (Wildman–Crippen LogP) is 6.44. The van der Waals surface area contributed by atoms with Crippen LogP contribution in [0.2, 0.25) is 0 Å². The second kappa shape index (κ2) is 10.2. The molecule has 0 bridgehead atoms. The van der Waals surface area contributed by atoms with E-state index in [4.69, 9.17) is 16.3 Å². The standard InChI is InChI=1S/C21H22ClF7O2S/c1-20(2)12(4-13(22)21(7-23,8-24)9-25)14(20)19(30)31-5-10-15(26)17(28)11(6-32-3)18(29)16(10)27/h4,12,14H,5-9H2,1-3H3/t12-,14+/m1/s1. The molecule has 0 unspecified atom stereocenters. The lowest BCUT2D eigenvalue weighted by Crippen LogP contribution is -2.29. The molecule has 0 saturated heterocycles. The zero-order chi connectivity index (χ0) is 24.4. The summed E-state index contributed by atoms with van der Waals surface area (Å²) in [6.45, 7) is -2.03. The fourth-order valence-electron chi connectivity index (χ4n) is 3.43. The molecule has 1 aliphatic rings. The van der Waals surface area contributed by atoms with Crippen LogP contribution in [-0.2, 0) is 21.9 Å². The number of esters is 1. The molecule has 11 heteroatoms. The summed E-state index contributed by atoms with van der Waals surface area (Å²) in [5, 5.41) is -0.427. The van der Waals surface area contributed by atoms with Gasteiger partial charge in [-0.2, -0.15) is 11.8 Å². The van der Waals surface area contributed by atoms with Gasteiger partial charge in [0.2, 0.25) is 0 Å². The van der Waals surface area contributed by atoms with Gasteiger partial charge in [0, 0.05) is 16.3 Å². The van der Waals surface area contributed by atoms with E-state index >= 15 is 0 Å². The number of hydrogen-bond acceptors (Lipinski definition) is 3. The number of ether oxygens (including phenoxy) is 1. The minimum atomic E-state index is -2.16. The SMILES string of the molecule is CSCc1c(F)c(F)c(COC(=O)[C@@H]2[C@@H](C=C(Cl)C(CF)(CF)CF)C2(C)C)c(F)c1F. The molecule has 0 spiro atoms. The van der Waals surface area contributed by atoms with E-state index in [1.54, 1.807) is 13.8 Å². The van der Waals surface area contributed by atoms with Crippen molar-refractivity contribution in [3.8, 4) is 0 Å². The number of alkyl halides is 3. The number of thioether (sulfide) groups is 1. The molecule has 2 rings (SSSR count). The number of rotatable bonds is 10. The van der Waals surface area contributed by atoms with Crippen molar-refractivity contribution >= 4 is 29.3 Å². The zero-order valence-electron chi connectivity index (χ0n) is 17.5. The third-order valence-corrected chi connectivity index (χ3v) is 6.96. The summed E-state index contributed by atoms with van der Waals surface area (Å²) in [5.74, 6) is -9.33. The Kier molecular flexibility index (Phi) is 8.58. The van der Waals surface area contributed by atoms with Crippen LogP contribution in [0, 0.1) is 45.9 Å². The first-order valence-electron chi connectivity index (χ1n) is 9.48. The number of carbonyl (C=O) groups is 1. The van der Waals surface area contributed by atoms with Gasteiger partial charge in [0.1, 0.15) is 26.6 Å². The van der Waals surface area contributed by atoms with E-state index in [9.17, 15) is 35.5 Å². The summed E-state index contributed by atoms with van der Waals surface area (Å²) in [4.78, 5) is 12.5. The Balaban J connectivity index is 2.20. The quantitative estimate of drug-likeness (QED) is 0.207. The van der Waals surface area contributed by atoms with Crippen LogP contribution in [0.25, 0.3) is 0 Å². The summed E-state index contributed by atoms with van der Waals surface area (Å²) in [6, 6.07) is 0. The highest BCUT2D eigenvalue weighted by atomic mass is 35.5. The van der Waals surface area contributed by atoms with Crippen molar-refractivity contribution in [1.29, 1.82) is 0 Å². The van der Waals surface area contributed by atoms with E-state index in [1.807, 2.05) is 0 Å². The molecule has 0 heterocycles. The predicted molar refractivity (Wildman–Crippen MR) is 108 cm³/mol. The minimum absolute atomic E-state index is 0.297. The van der Waals surface area contributed by atoms with Crippen molar-refractivity contribution in [3.05, 3.63) is 45.5 Å². The van der Waals surface area contributed by atoms with Crippen LogP contribution in [0.3, 0.4) is 0 Å². The van der Waals surface area contributed by atoms with E-state index in [2.05, 4.69) is 0 Å². The van der Waals surface area contributed by atoms with Crippen molar-refractivity contribution in [2.24, 2.45) is 22.7 Å². The van der Waals surface area contributed by atoms with Gasteiger partial charge in [-0.25, -0.2) is 30.7 Å². The van der Waals surface area contributed by atoms with E-state index < -0.39 is 94.7 Å². The van der Waals surface area contributed by atoms with Gasteiger partial charge in [-0.1, -0.05) is 31.5 Å². The third kappa shape index (κ3) is 4.76. The average molecular weight is 507 g/mol. The first-order chi connectivity index (χ1) is 14.9. The molecule has 1 aromatic rings. The lowest BCUT2D eigenvalue weighted by Gasteiger charge is -2.23. The van der Waals surface area contributed by atoms with Crippen molar-refractivity contribution in [2.75, 3.05) is 26.3 Å². The minimum Gasteiger partial charge on any atom is -0.460 e. The molecule has 0 amide bonds. The molecule has 0 aliphatic heterocycles. The van der Waals surface area contributed by atoms with E-state index in [0.29, 0.717) is 0 Å². The van der Waals surface area contributed by atoms with Crippen LogP contribution < -0.4 is 0 Å². The largest absolute Gasteiger partial charge is 0.460 e. The maximum Gasteiger partial charge on any atom is 0.310 e. The van der Waals surface area contributed by atoms with Crippen molar-refractivity contribution in [2.45, 2.75) is 26.2 Å². The number of benzene rings is 1. The van der Waals surface area contributed by atoms with Gasteiger partial charge in [-0.05, 0) is 17.6 Å². The molecule has 2 nitrogen and oxygen atoms in total. The monoisotopic (exact) mass is 506 g/mol. The van der Waals surface area contributed by atoms with Crippen LogP contribution >= 0.6 is 23.4 Å². The highest BCUT2D eigenvalue weighted by Crippen LogP contribution is 2.60. The number of halogens is 8. The van der Waals surface area contributed by atoms with E-state index in [1.165, 1.54) is 12.3 Å². The second-order valence-corrected chi connectivity index (χ2v) is 9.55. The second-order valence-electron chi connectivity index (χ2n) is 8.27. The number of allylic oxidation sites excluding steroid dienone is 2. The molecular formula is C21H22ClF7O2S. The molecule has 1 aromatic carbocycles. The fraction of sp³-hybridized carbons (Fsp3) is 0.571. The summed E-state index contributed by atoms with van der Waals surface area (Å²) >= 11 is 6.89. The Morgan fingerprint density at radius 2 is 1.50 bits per heavy atom. The molecule has 2 atom stereocenters. The maximum absolute atomic E-state index is 14.2. The summed E-state index contributed by atoms with van der Waals surface area (Å²) in [7, 11) is 0. The van der Waals surface area contributed by atoms with Crippen molar-refractivity contribution < 1.29 is 40.3 Å². The van der Waals surface area contributed by atoms with E-state index in [0.717, 1.165) is 11.8 Å². The van der Waals surface area contributed by atoms with Crippen LogP contribution in [0.15, 0.2) is 11.1 Å². The van der Waals surface area contributed by atoms with Crippen LogP contribution in [0.4, 0.5) is 30.7 Å². The molecular weight excluding hydrogens is 485 g/mol. The fourth-order valence-corrected chi connectivity index (χ4v) is 4.25. The van der Waals surface area contributed by atoms with Gasteiger partial charge in [0.25, 0.3) is 0 Å². The van der Waals surface area contributed by atoms with Crippen molar-refractivity contribution in [3.63, 3.8) is 0 Å². The number of hydrogen-bond donors (Lipinski definition) is 0. The molecule has 0 N–H and O–H groups in total. The number of carbonyl (C=O) groups excluding carboxylic acids is 1. The zero-order valence-corrected chi connectivity index (χ0v) is 19.1. The van der Waals surface area contributed by atoms with Gasteiger partial charge in [-0.3, -0.25) is 4.79 Å². The Morgan fingerprint density at radius 3 is 1.94 bits per heavy atom. The normalized spacial score (nSPS) is 20.4. The van der Waals surface area contributed by atoms with Crippen LogP contribution in [0.5, 0.6) is 0 Å². The van der Waals surface area contributed by atoms with Gasteiger partial charge in [0.15, 0.2) is 23.3 Å². The topological polar surface area (TPSA) is 26.3 Å². The Bertz CT molecular complexity index is 865. The average Bonchev–Trinajstić information content (AvgIpc) is 3.30. The van der Waals surface area contributed by atoms with Crippen LogP contribution in [0.1, 0.15) is 25.0 Å². The first kappa shape index (κ1) is 26.8. The Morgan fingerprint density at radius 1 is 1.03 bits per heavy atom. The summed E-state index contributed by atoms with van der Waals surface area (Å²) in [6.07, 6.45) is 2.67. The first-order valence-corrected chi connectivity index (χ1v) is 11.3. The van der Waals surface area contributed by atoms with Gasteiger partial charge in [0.05, 0.1) is 16.9 Å². The molecule has 1 fully saturated rings. The summed E-state index contributed by atoms with van der Waals surface area (Å²) < 4.78 is 101. The maximum atomic E-state index is 14.2. The summed E-state index contributed by atoms with van der Waals surface area (Å²) in [5.41, 5.74) is -4.81.